The number of non-ortho nitro benzene ring substituents is 1. The molecule has 4 aromatic carbocycles. The molecule has 1 saturated carbocycles. The summed E-state index contributed by atoms with van der Waals surface area (Å²) in [5.74, 6) is -1.12. The quantitative estimate of drug-likeness (QED) is 0.0356. The van der Waals surface area contributed by atoms with Gasteiger partial charge in [-0.15, -0.1) is 6.58 Å². The molecule has 14 heteroatoms. The second kappa shape index (κ2) is 21.9. The van der Waals surface area contributed by atoms with Crippen LogP contribution in [-0.4, -0.2) is 70.1 Å². The van der Waals surface area contributed by atoms with E-state index in [9.17, 15) is 29.5 Å². The average molecular weight is 906 g/mol. The van der Waals surface area contributed by atoms with Gasteiger partial charge in [-0.2, -0.15) is 0 Å². The zero-order chi connectivity index (χ0) is 46.8. The van der Waals surface area contributed by atoms with Crippen molar-refractivity contribution in [3.05, 3.63) is 153 Å². The molecule has 1 heterocycles. The zero-order valence-corrected chi connectivity index (χ0v) is 37.9. The number of nitro benzene ring substituents is 1. The van der Waals surface area contributed by atoms with Gasteiger partial charge in [0.05, 0.1) is 29.8 Å². The first-order valence-electron chi connectivity index (χ1n) is 22.9. The Kier molecular flexibility index (Phi) is 15.9. The number of fused-ring (bicyclic) bond motifs is 2. The van der Waals surface area contributed by atoms with Crippen molar-refractivity contribution in [1.82, 2.24) is 4.90 Å². The summed E-state index contributed by atoms with van der Waals surface area (Å²) in [4.78, 5) is 33.1. The highest BCUT2D eigenvalue weighted by Gasteiger charge is 2.65. The van der Waals surface area contributed by atoms with E-state index in [1.165, 1.54) is 24.3 Å². The lowest BCUT2D eigenvalue weighted by atomic mass is 9.55. The van der Waals surface area contributed by atoms with Gasteiger partial charge in [0.2, 0.25) is 5.79 Å². The number of nitro groups is 1. The molecule has 0 radical (unpaired) electrons. The third-order valence-electron chi connectivity index (χ3n) is 13.1. The molecule has 1 fully saturated rings. The number of benzene rings is 4. The fraction of sp³-hybridized carbons (Fsp3) is 0.423. The molecule has 66 heavy (non-hydrogen) atoms. The van der Waals surface area contributed by atoms with Crippen LogP contribution in [0.2, 0.25) is 0 Å². The Bertz CT molecular complexity index is 2390. The fourth-order valence-electron chi connectivity index (χ4n) is 9.82. The van der Waals surface area contributed by atoms with E-state index >= 15 is 0 Å². The molecule has 350 valence electrons. The largest absolute Gasteiger partial charge is 0.459 e. The van der Waals surface area contributed by atoms with Crippen molar-refractivity contribution in [3.63, 3.8) is 0 Å². The Labute approximate surface area is 385 Å². The van der Waals surface area contributed by atoms with Crippen molar-refractivity contribution >= 4 is 17.5 Å². The molecule has 3 aliphatic rings. The molecule has 0 saturated heterocycles. The third kappa shape index (κ3) is 10.6. The van der Waals surface area contributed by atoms with E-state index in [-0.39, 0.29) is 69.4 Å². The number of amides is 1. The molecule has 6 atom stereocenters. The number of ether oxygens (including phenoxy) is 4. The Hall–Kier alpha value is -6.09. The minimum atomic E-state index is -1.57. The summed E-state index contributed by atoms with van der Waals surface area (Å²) in [5, 5.41) is 36.2. The number of aliphatic hydroxyl groups excluding tert-OH is 2. The van der Waals surface area contributed by atoms with E-state index in [0.717, 1.165) is 47.9 Å². The summed E-state index contributed by atoms with van der Waals surface area (Å²) in [6, 6.07) is 22.9. The topological polar surface area (TPSA) is 162 Å². The summed E-state index contributed by atoms with van der Waals surface area (Å²) in [6.45, 7) is 10.1. The van der Waals surface area contributed by atoms with Gasteiger partial charge in [-0.05, 0) is 141 Å². The van der Waals surface area contributed by atoms with Gasteiger partial charge < -0.3 is 34.0 Å². The Morgan fingerprint density at radius 1 is 0.955 bits per heavy atom. The molecule has 2 aliphatic carbocycles. The zero-order valence-electron chi connectivity index (χ0n) is 37.9. The number of carbonyl (C=O) groups excluding carboxylic acids is 1. The van der Waals surface area contributed by atoms with Crippen molar-refractivity contribution < 1.29 is 48.1 Å². The lowest BCUT2D eigenvalue weighted by Crippen LogP contribution is -2.70. The van der Waals surface area contributed by atoms with Gasteiger partial charge >= 0.3 is 6.09 Å². The smallest absolute Gasteiger partial charge is 0.410 e. The maximum Gasteiger partial charge on any atom is 0.410 e. The van der Waals surface area contributed by atoms with Crippen LogP contribution in [0.3, 0.4) is 0 Å². The van der Waals surface area contributed by atoms with Crippen LogP contribution in [0, 0.1) is 47.5 Å². The molecule has 0 bridgehead atoms. The van der Waals surface area contributed by atoms with Crippen LogP contribution in [0.1, 0.15) is 85.6 Å². The SMILES string of the molecule is C=CCO[C@@]12Oc3ccc(Oc4ccc(C)c(C)c4)cc3[C@H]3[C@H](CCCCO)[C@@H](CCCCO)C=C(C(=NOCc4ccc([N+](=O)[O-])cc4)C[C@@H]1N(Cc1ccc(F)cc1)C(=O)OCC)[C@H]32. The molecule has 2 N–H and O–H groups in total. The van der Waals surface area contributed by atoms with Gasteiger partial charge in [-0.25, -0.2) is 9.18 Å². The van der Waals surface area contributed by atoms with Crippen molar-refractivity contribution in [1.29, 1.82) is 0 Å². The molecule has 0 spiro atoms. The van der Waals surface area contributed by atoms with Gasteiger partial charge in [0.1, 0.15) is 35.7 Å². The van der Waals surface area contributed by atoms with E-state index in [1.807, 2.05) is 43.3 Å². The lowest BCUT2D eigenvalue weighted by molar-refractivity contribution is -0.384. The van der Waals surface area contributed by atoms with Crippen LogP contribution in [0.15, 0.2) is 114 Å². The average Bonchev–Trinajstić information content (AvgIpc) is 3.31. The number of rotatable bonds is 21. The first-order valence-corrected chi connectivity index (χ1v) is 22.9. The highest BCUT2D eigenvalue weighted by Crippen LogP contribution is 2.62. The van der Waals surface area contributed by atoms with E-state index in [4.69, 9.17) is 28.9 Å². The van der Waals surface area contributed by atoms with Gasteiger partial charge in [0, 0.05) is 49.8 Å². The Morgan fingerprint density at radius 2 is 1.65 bits per heavy atom. The van der Waals surface area contributed by atoms with E-state index in [2.05, 4.69) is 19.6 Å². The van der Waals surface area contributed by atoms with Gasteiger partial charge in [0.25, 0.3) is 5.69 Å². The number of hydrogen-bond acceptors (Lipinski definition) is 11. The second-order valence-electron chi connectivity index (χ2n) is 17.3. The number of oxime groups is 1. The number of unbranched alkanes of at least 4 members (excludes halogenated alkanes) is 2. The van der Waals surface area contributed by atoms with Crippen LogP contribution >= 0.6 is 0 Å². The van der Waals surface area contributed by atoms with Crippen LogP contribution in [-0.2, 0) is 27.5 Å². The van der Waals surface area contributed by atoms with Crippen LogP contribution < -0.4 is 9.47 Å². The number of hydrogen-bond donors (Lipinski definition) is 2. The van der Waals surface area contributed by atoms with Crippen molar-refractivity contribution in [2.24, 2.45) is 22.9 Å². The maximum absolute atomic E-state index is 14.5. The summed E-state index contributed by atoms with van der Waals surface area (Å²) < 4.78 is 41.0. The van der Waals surface area contributed by atoms with E-state index < -0.39 is 34.6 Å². The fourth-order valence-corrected chi connectivity index (χ4v) is 9.82. The summed E-state index contributed by atoms with van der Waals surface area (Å²) in [7, 11) is 0. The van der Waals surface area contributed by atoms with Crippen molar-refractivity contribution in [3.8, 4) is 17.2 Å². The van der Waals surface area contributed by atoms with E-state index in [1.54, 1.807) is 42.2 Å². The molecule has 1 amide bonds. The third-order valence-corrected chi connectivity index (χ3v) is 13.1. The highest BCUT2D eigenvalue weighted by molar-refractivity contribution is 6.03. The second-order valence-corrected chi connectivity index (χ2v) is 17.3. The number of aliphatic hydroxyl groups is 2. The van der Waals surface area contributed by atoms with Gasteiger partial charge in [0.15, 0.2) is 0 Å². The number of nitrogens with zero attached hydrogens (tertiary/aromatic N) is 3. The molecular weight excluding hydrogens is 846 g/mol. The molecule has 1 aliphatic heterocycles. The molecule has 4 aromatic rings. The summed E-state index contributed by atoms with van der Waals surface area (Å²) >= 11 is 0. The predicted octanol–water partition coefficient (Wildman–Crippen LogP) is 10.6. The number of aryl methyl sites for hydroxylation is 2. The van der Waals surface area contributed by atoms with Crippen LogP contribution in [0.5, 0.6) is 17.2 Å². The standard InChI is InChI=1S/C52H60FN3O10/c1-5-27-63-52-48(55(51(59)62-6-2)32-36-14-18-39(53)19-15-36)31-46(54-64-33-37-16-20-40(21-17-37)56(60)61)44-29-38(11-7-9-25-57)43(12-8-10-26-58)49(50(44)52)45-30-42(23-24-47(45)66-52)65-41-22-13-34(3)35(4)28-41/h5,13-24,28-30,38,43,48-50,57-58H,1,6-12,25-27,31-33H2,2-4H3/t38-,43+,48-,49+,50+,52+/m0/s1. The highest BCUT2D eigenvalue weighted by atomic mass is 19.1. The lowest BCUT2D eigenvalue weighted by Gasteiger charge is -2.59. The van der Waals surface area contributed by atoms with Gasteiger partial charge in [-0.1, -0.05) is 48.3 Å². The first-order chi connectivity index (χ1) is 32.0. The number of halogens is 1. The number of allylic oxidation sites excluding steroid dienone is 1. The normalized spacial score (nSPS) is 22.3. The summed E-state index contributed by atoms with van der Waals surface area (Å²) in [5.41, 5.74) is 5.78. The maximum atomic E-state index is 14.5. The van der Waals surface area contributed by atoms with Crippen molar-refractivity contribution in [2.45, 2.75) is 96.6 Å². The molecular formula is C52H60FN3O10. The van der Waals surface area contributed by atoms with Crippen molar-refractivity contribution in [2.75, 3.05) is 26.4 Å². The molecule has 13 nitrogen and oxygen atoms in total. The monoisotopic (exact) mass is 905 g/mol. The molecule has 0 unspecified atom stereocenters. The minimum Gasteiger partial charge on any atom is -0.459 e. The molecule has 7 rings (SSSR count). The predicted molar refractivity (Wildman–Crippen MR) is 248 cm³/mol. The Balaban J connectivity index is 1.44. The Morgan fingerprint density at radius 3 is 2.33 bits per heavy atom. The van der Waals surface area contributed by atoms with Gasteiger partial charge in [-0.3, -0.25) is 15.0 Å². The van der Waals surface area contributed by atoms with E-state index in [0.29, 0.717) is 46.9 Å². The molecule has 0 aromatic heterocycles. The number of carbonyl (C=O) groups is 1. The first kappa shape index (κ1) is 47.9. The minimum absolute atomic E-state index is 0.00500. The summed E-state index contributed by atoms with van der Waals surface area (Å²) in [6.07, 6.45) is 7.57. The van der Waals surface area contributed by atoms with Crippen LogP contribution in [0.25, 0.3) is 0 Å². The van der Waals surface area contributed by atoms with Crippen LogP contribution in [0.4, 0.5) is 14.9 Å².